The number of anilines is 1. The van der Waals surface area contributed by atoms with Gasteiger partial charge in [-0.2, -0.15) is 0 Å². The number of carbonyl (C=O) groups excluding carboxylic acids is 1. The average molecular weight is 391 g/mol. The summed E-state index contributed by atoms with van der Waals surface area (Å²) in [6, 6.07) is 13.1. The van der Waals surface area contributed by atoms with E-state index in [1.165, 1.54) is 37.5 Å². The molecule has 1 amide bonds. The quantitative estimate of drug-likeness (QED) is 0.525. The maximum Gasteiger partial charge on any atom is 0.270 e. The Balaban J connectivity index is 1.64. The molecule has 8 nitrogen and oxygen atoms in total. The second-order valence-electron chi connectivity index (χ2n) is 7.10. The van der Waals surface area contributed by atoms with Gasteiger partial charge in [-0.25, -0.2) is 9.97 Å². The van der Waals surface area contributed by atoms with Crippen LogP contribution < -0.4 is 5.32 Å². The minimum absolute atomic E-state index is 0.129. The van der Waals surface area contributed by atoms with Crippen molar-refractivity contribution in [1.82, 2.24) is 14.9 Å². The lowest BCUT2D eigenvalue weighted by Crippen LogP contribution is -2.30. The van der Waals surface area contributed by atoms with Gasteiger partial charge in [0.2, 0.25) is 0 Å². The van der Waals surface area contributed by atoms with Crippen LogP contribution >= 0.6 is 0 Å². The number of amides is 1. The number of aromatic nitrogens is 2. The molecule has 0 bridgehead atoms. The fraction of sp³-hybridized carbons (Fsp3) is 0.286. The predicted octanol–water partition coefficient (Wildman–Crippen LogP) is 3.78. The number of para-hydroxylation sites is 1. The molecule has 4 rings (SSSR count). The van der Waals surface area contributed by atoms with Gasteiger partial charge >= 0.3 is 0 Å². The Morgan fingerprint density at radius 3 is 2.66 bits per heavy atom. The Bertz CT molecular complexity index is 1060. The molecule has 0 saturated carbocycles. The Morgan fingerprint density at radius 2 is 1.86 bits per heavy atom. The summed E-state index contributed by atoms with van der Waals surface area (Å²) in [4.78, 5) is 34.8. The van der Waals surface area contributed by atoms with E-state index in [1.54, 1.807) is 6.07 Å². The molecular weight excluding hydrogens is 370 g/mol. The number of nitrogens with zero attached hydrogens (tertiary/aromatic N) is 4. The fourth-order valence-corrected chi connectivity index (χ4v) is 3.55. The minimum atomic E-state index is -0.520. The number of nitro benzene ring substituents is 1. The zero-order chi connectivity index (χ0) is 20.2. The number of carbonyl (C=O) groups is 1. The number of piperidine rings is 1. The SMILES string of the molecule is O=C(Nc1nc(CN2CCCCC2)nc2ccccc12)c1cccc([N+](=O)[O-])c1. The number of rotatable bonds is 5. The van der Waals surface area contributed by atoms with Crippen LogP contribution in [0.1, 0.15) is 35.4 Å². The van der Waals surface area contributed by atoms with Crippen LogP contribution in [0.15, 0.2) is 48.5 Å². The highest BCUT2D eigenvalue weighted by atomic mass is 16.6. The lowest BCUT2D eigenvalue weighted by molar-refractivity contribution is -0.384. The number of fused-ring (bicyclic) bond motifs is 1. The first-order valence-electron chi connectivity index (χ1n) is 9.64. The maximum atomic E-state index is 12.7. The second kappa shape index (κ2) is 8.32. The Morgan fingerprint density at radius 1 is 1.07 bits per heavy atom. The van der Waals surface area contributed by atoms with Gasteiger partial charge in [0.05, 0.1) is 17.0 Å². The molecule has 0 spiro atoms. The molecule has 1 fully saturated rings. The summed E-state index contributed by atoms with van der Waals surface area (Å²) < 4.78 is 0. The first kappa shape index (κ1) is 18.9. The van der Waals surface area contributed by atoms with Crippen LogP contribution in [0.25, 0.3) is 10.9 Å². The lowest BCUT2D eigenvalue weighted by Gasteiger charge is -2.25. The molecule has 1 N–H and O–H groups in total. The zero-order valence-corrected chi connectivity index (χ0v) is 15.9. The molecule has 1 aliphatic heterocycles. The summed E-state index contributed by atoms with van der Waals surface area (Å²) in [6.07, 6.45) is 3.59. The smallest absolute Gasteiger partial charge is 0.270 e. The summed E-state index contributed by atoms with van der Waals surface area (Å²) >= 11 is 0. The number of non-ortho nitro benzene ring substituents is 1. The van der Waals surface area contributed by atoms with Crippen molar-refractivity contribution >= 4 is 28.3 Å². The normalized spacial score (nSPS) is 14.6. The molecule has 0 atom stereocenters. The van der Waals surface area contributed by atoms with Crippen molar-refractivity contribution in [2.24, 2.45) is 0 Å². The summed E-state index contributed by atoms with van der Waals surface area (Å²) in [5, 5.41) is 14.5. The van der Waals surface area contributed by atoms with Crippen molar-refractivity contribution in [3.05, 3.63) is 70.0 Å². The zero-order valence-electron chi connectivity index (χ0n) is 15.9. The highest BCUT2D eigenvalue weighted by Gasteiger charge is 2.17. The molecule has 0 unspecified atom stereocenters. The second-order valence-corrected chi connectivity index (χ2v) is 7.10. The molecule has 1 aliphatic rings. The summed E-state index contributed by atoms with van der Waals surface area (Å²) in [5.41, 5.74) is 0.833. The standard InChI is InChI=1S/C21H21N5O3/c27-21(15-7-6-8-16(13-15)26(28)29)24-20-17-9-2-3-10-18(17)22-19(23-20)14-25-11-4-1-5-12-25/h2-3,6-10,13H,1,4-5,11-12,14H2,(H,22,23,24,27). The monoisotopic (exact) mass is 391 g/mol. The number of benzene rings is 2. The lowest BCUT2D eigenvalue weighted by atomic mass is 10.1. The minimum Gasteiger partial charge on any atom is -0.306 e. The van der Waals surface area contributed by atoms with E-state index in [9.17, 15) is 14.9 Å². The molecule has 148 valence electrons. The Hall–Kier alpha value is -3.39. The highest BCUT2D eigenvalue weighted by Crippen LogP contribution is 2.23. The van der Waals surface area contributed by atoms with Gasteiger partial charge in [-0.15, -0.1) is 0 Å². The van der Waals surface area contributed by atoms with Crippen LogP contribution in [0.2, 0.25) is 0 Å². The number of hydrogen-bond donors (Lipinski definition) is 1. The summed E-state index contributed by atoms with van der Waals surface area (Å²) in [5.74, 6) is 0.625. The Labute approximate surface area is 167 Å². The molecular formula is C21H21N5O3. The average Bonchev–Trinajstić information content (AvgIpc) is 2.74. The fourth-order valence-electron chi connectivity index (χ4n) is 3.55. The van der Waals surface area contributed by atoms with E-state index >= 15 is 0 Å². The molecule has 2 aromatic carbocycles. The van der Waals surface area contributed by atoms with Crippen LogP contribution in [0.4, 0.5) is 11.5 Å². The van der Waals surface area contributed by atoms with Gasteiger partial charge in [0.15, 0.2) is 0 Å². The Kier molecular flexibility index (Phi) is 5.44. The maximum absolute atomic E-state index is 12.7. The summed E-state index contributed by atoms with van der Waals surface area (Å²) in [6.45, 7) is 2.67. The molecule has 0 radical (unpaired) electrons. The van der Waals surface area contributed by atoms with Crippen molar-refractivity contribution in [3.8, 4) is 0 Å². The van der Waals surface area contributed by atoms with Crippen molar-refractivity contribution < 1.29 is 9.72 Å². The van der Waals surface area contributed by atoms with Crippen molar-refractivity contribution in [2.75, 3.05) is 18.4 Å². The van der Waals surface area contributed by atoms with Gasteiger partial charge < -0.3 is 5.32 Å². The van der Waals surface area contributed by atoms with Gasteiger partial charge in [0, 0.05) is 23.1 Å². The van der Waals surface area contributed by atoms with Crippen LogP contribution in [0, 0.1) is 10.1 Å². The van der Waals surface area contributed by atoms with Gasteiger partial charge in [0.25, 0.3) is 11.6 Å². The van der Waals surface area contributed by atoms with E-state index in [0.717, 1.165) is 24.0 Å². The van der Waals surface area contributed by atoms with E-state index in [4.69, 9.17) is 0 Å². The number of nitrogens with one attached hydrogen (secondary N) is 1. The van der Waals surface area contributed by atoms with E-state index in [1.807, 2.05) is 24.3 Å². The molecule has 8 heteroatoms. The van der Waals surface area contributed by atoms with E-state index < -0.39 is 10.8 Å². The highest BCUT2D eigenvalue weighted by molar-refractivity contribution is 6.07. The first-order valence-corrected chi connectivity index (χ1v) is 9.64. The summed E-state index contributed by atoms with van der Waals surface area (Å²) in [7, 11) is 0. The molecule has 29 heavy (non-hydrogen) atoms. The van der Waals surface area contributed by atoms with Crippen molar-refractivity contribution in [2.45, 2.75) is 25.8 Å². The number of nitro groups is 1. The molecule has 3 aromatic rings. The van der Waals surface area contributed by atoms with Gasteiger partial charge in [-0.3, -0.25) is 19.8 Å². The van der Waals surface area contributed by atoms with Gasteiger partial charge in [0.1, 0.15) is 11.6 Å². The van der Waals surface area contributed by atoms with Crippen molar-refractivity contribution in [1.29, 1.82) is 0 Å². The van der Waals surface area contributed by atoms with Crippen LogP contribution in [-0.4, -0.2) is 38.8 Å². The largest absolute Gasteiger partial charge is 0.306 e. The third kappa shape index (κ3) is 4.38. The van der Waals surface area contributed by atoms with Gasteiger partial charge in [-0.1, -0.05) is 24.6 Å². The van der Waals surface area contributed by atoms with Crippen LogP contribution in [0.5, 0.6) is 0 Å². The first-order chi connectivity index (χ1) is 14.1. The molecule has 2 heterocycles. The number of hydrogen-bond acceptors (Lipinski definition) is 6. The third-order valence-corrected chi connectivity index (χ3v) is 5.01. The third-order valence-electron chi connectivity index (χ3n) is 5.01. The number of likely N-dealkylation sites (tertiary alicyclic amines) is 1. The van der Waals surface area contributed by atoms with Crippen molar-refractivity contribution in [3.63, 3.8) is 0 Å². The van der Waals surface area contributed by atoms with E-state index in [-0.39, 0.29) is 11.3 Å². The topological polar surface area (TPSA) is 101 Å². The van der Waals surface area contributed by atoms with Crippen LogP contribution in [0.3, 0.4) is 0 Å². The van der Waals surface area contributed by atoms with Crippen LogP contribution in [-0.2, 0) is 6.54 Å². The van der Waals surface area contributed by atoms with Gasteiger partial charge in [-0.05, 0) is 44.1 Å². The van der Waals surface area contributed by atoms with E-state index in [0.29, 0.717) is 18.2 Å². The van der Waals surface area contributed by atoms with E-state index in [2.05, 4.69) is 20.2 Å². The molecule has 0 aliphatic carbocycles. The predicted molar refractivity (Wildman–Crippen MR) is 110 cm³/mol. The molecule has 1 aromatic heterocycles. The molecule has 1 saturated heterocycles.